The normalized spacial score (nSPS) is 11.3. The van der Waals surface area contributed by atoms with E-state index < -0.39 is 0 Å². The summed E-state index contributed by atoms with van der Waals surface area (Å²) in [5.41, 5.74) is 0. The molecule has 0 aliphatic rings. The molecule has 0 bridgehead atoms. The molecule has 0 fully saturated rings. The van der Waals surface area contributed by atoms with Crippen molar-refractivity contribution in [3.05, 3.63) is 0 Å². The van der Waals surface area contributed by atoms with Crippen LogP contribution >= 0.6 is 0 Å². The van der Waals surface area contributed by atoms with Crippen molar-refractivity contribution in [2.45, 2.75) is 130 Å². The van der Waals surface area contributed by atoms with Crippen LogP contribution in [0, 0.1) is 11.8 Å². The van der Waals surface area contributed by atoms with Crippen LogP contribution in [0.5, 0.6) is 0 Å². The smallest absolute Gasteiger partial charge is 0.219 e. The summed E-state index contributed by atoms with van der Waals surface area (Å²) < 4.78 is 5.59. The molecule has 2 N–H and O–H groups in total. The maximum Gasteiger partial charge on any atom is 0.219 e. The van der Waals surface area contributed by atoms with Crippen molar-refractivity contribution in [1.29, 1.82) is 0 Å². The van der Waals surface area contributed by atoms with Gasteiger partial charge in [-0.25, -0.2) is 0 Å². The molecule has 33 heavy (non-hydrogen) atoms. The molecule has 0 unspecified atom stereocenters. The molecule has 5 heteroatoms. The molecule has 2 amide bonds. The van der Waals surface area contributed by atoms with E-state index in [1.807, 2.05) is 0 Å². The Morgan fingerprint density at radius 1 is 0.545 bits per heavy atom. The first-order chi connectivity index (χ1) is 15.9. The summed E-state index contributed by atoms with van der Waals surface area (Å²) in [6, 6.07) is 0. The minimum absolute atomic E-state index is 0.151. The molecule has 0 aliphatic heterocycles. The van der Waals surface area contributed by atoms with Gasteiger partial charge in [0.15, 0.2) is 0 Å². The summed E-state index contributed by atoms with van der Waals surface area (Å²) in [6.45, 7) is 11.7. The van der Waals surface area contributed by atoms with Crippen molar-refractivity contribution >= 4 is 11.8 Å². The molecule has 0 aliphatic carbocycles. The van der Waals surface area contributed by atoms with Crippen LogP contribution in [0.1, 0.15) is 130 Å². The van der Waals surface area contributed by atoms with Gasteiger partial charge < -0.3 is 15.4 Å². The lowest BCUT2D eigenvalue weighted by atomic mass is 10.0. The Morgan fingerprint density at radius 2 is 0.909 bits per heavy atom. The van der Waals surface area contributed by atoms with Crippen molar-refractivity contribution in [3.8, 4) is 0 Å². The molecule has 0 aromatic heterocycles. The van der Waals surface area contributed by atoms with Gasteiger partial charge in [0.2, 0.25) is 11.8 Å². The van der Waals surface area contributed by atoms with Gasteiger partial charge in [-0.2, -0.15) is 0 Å². The number of nitrogens with one attached hydrogen (secondary N) is 2. The third-order valence-corrected chi connectivity index (χ3v) is 5.95. The van der Waals surface area contributed by atoms with Crippen molar-refractivity contribution in [3.63, 3.8) is 0 Å². The standard InChI is InChI=1S/C28H56N2O3/c1-25(2)17-11-9-7-5-6-8-10-12-19-27(31)29-21-15-23-33-24-16-22-30-28(32)20-14-13-18-26(3)4/h25-26H,5-24H2,1-4H3,(H,29,31)(H,30,32). The predicted molar refractivity (Wildman–Crippen MR) is 140 cm³/mol. The number of hydrogen-bond donors (Lipinski definition) is 2. The largest absolute Gasteiger partial charge is 0.381 e. The third kappa shape index (κ3) is 27.0. The lowest BCUT2D eigenvalue weighted by Crippen LogP contribution is -2.26. The summed E-state index contributed by atoms with van der Waals surface area (Å²) in [4.78, 5) is 23.6. The van der Waals surface area contributed by atoms with E-state index in [0.717, 1.165) is 44.4 Å². The van der Waals surface area contributed by atoms with E-state index in [9.17, 15) is 9.59 Å². The minimum Gasteiger partial charge on any atom is -0.381 e. The summed E-state index contributed by atoms with van der Waals surface area (Å²) >= 11 is 0. The van der Waals surface area contributed by atoms with Crippen molar-refractivity contribution in [2.75, 3.05) is 26.3 Å². The quantitative estimate of drug-likeness (QED) is 0.153. The highest BCUT2D eigenvalue weighted by Gasteiger charge is 2.03. The molecule has 0 heterocycles. The van der Waals surface area contributed by atoms with E-state index in [4.69, 9.17) is 4.74 Å². The fourth-order valence-electron chi connectivity index (χ4n) is 3.82. The molecule has 5 nitrogen and oxygen atoms in total. The Kier molecular flexibility index (Phi) is 23.2. The summed E-state index contributed by atoms with van der Waals surface area (Å²) in [6.07, 6.45) is 17.8. The van der Waals surface area contributed by atoms with Gasteiger partial charge >= 0.3 is 0 Å². The summed E-state index contributed by atoms with van der Waals surface area (Å²) in [5, 5.41) is 5.95. The number of carbonyl (C=O) groups is 2. The Labute approximate surface area is 205 Å². The van der Waals surface area contributed by atoms with Crippen molar-refractivity contribution in [2.24, 2.45) is 11.8 Å². The molecule has 0 rings (SSSR count). The van der Waals surface area contributed by atoms with E-state index >= 15 is 0 Å². The van der Waals surface area contributed by atoms with Gasteiger partial charge in [-0.15, -0.1) is 0 Å². The van der Waals surface area contributed by atoms with E-state index in [1.165, 1.54) is 51.4 Å². The Morgan fingerprint density at radius 3 is 1.36 bits per heavy atom. The molecular formula is C28H56N2O3. The molecule has 0 aromatic carbocycles. The van der Waals surface area contributed by atoms with Gasteiger partial charge in [-0.3, -0.25) is 9.59 Å². The first-order valence-electron chi connectivity index (χ1n) is 14.0. The first kappa shape index (κ1) is 31.9. The second kappa shape index (κ2) is 24.0. The molecule has 196 valence electrons. The number of amides is 2. The molecule has 0 aromatic rings. The SMILES string of the molecule is CC(C)CCCCCCCCCCC(=O)NCCCOCCCNC(=O)CCCCC(C)C. The molecule has 0 spiro atoms. The average molecular weight is 469 g/mol. The van der Waals surface area contributed by atoms with Crippen LogP contribution in [-0.2, 0) is 14.3 Å². The van der Waals surface area contributed by atoms with Crippen LogP contribution in [-0.4, -0.2) is 38.1 Å². The van der Waals surface area contributed by atoms with E-state index in [2.05, 4.69) is 38.3 Å². The monoisotopic (exact) mass is 468 g/mol. The number of rotatable bonds is 24. The predicted octanol–water partition coefficient (Wildman–Crippen LogP) is 6.79. The lowest BCUT2D eigenvalue weighted by Gasteiger charge is -2.08. The number of ether oxygens (including phenoxy) is 1. The number of carbonyl (C=O) groups excluding carboxylic acids is 2. The second-order valence-electron chi connectivity index (χ2n) is 10.4. The van der Waals surface area contributed by atoms with Gasteiger partial charge in [0.05, 0.1) is 0 Å². The maximum atomic E-state index is 11.9. The van der Waals surface area contributed by atoms with Crippen LogP contribution in [0.15, 0.2) is 0 Å². The zero-order valence-electron chi connectivity index (χ0n) is 22.5. The van der Waals surface area contributed by atoms with Gasteiger partial charge in [-0.1, -0.05) is 91.9 Å². The van der Waals surface area contributed by atoms with Crippen LogP contribution in [0.4, 0.5) is 0 Å². The Balaban J connectivity index is 3.26. The fraction of sp³-hybridized carbons (Fsp3) is 0.929. The van der Waals surface area contributed by atoms with Gasteiger partial charge in [0.1, 0.15) is 0 Å². The minimum atomic E-state index is 0.151. The van der Waals surface area contributed by atoms with Crippen LogP contribution in [0.2, 0.25) is 0 Å². The topological polar surface area (TPSA) is 67.4 Å². The van der Waals surface area contributed by atoms with E-state index in [-0.39, 0.29) is 11.8 Å². The zero-order chi connectivity index (χ0) is 24.6. The highest BCUT2D eigenvalue weighted by Crippen LogP contribution is 2.13. The number of hydrogen-bond acceptors (Lipinski definition) is 3. The van der Waals surface area contributed by atoms with Crippen LogP contribution < -0.4 is 10.6 Å². The van der Waals surface area contributed by atoms with Crippen molar-refractivity contribution < 1.29 is 14.3 Å². The second-order valence-corrected chi connectivity index (χ2v) is 10.4. The molecule has 0 saturated heterocycles. The van der Waals surface area contributed by atoms with E-state index in [1.54, 1.807) is 0 Å². The number of unbranched alkanes of at least 4 members (excludes halogenated alkanes) is 8. The molecule has 0 atom stereocenters. The Hall–Kier alpha value is -1.10. The van der Waals surface area contributed by atoms with Crippen molar-refractivity contribution in [1.82, 2.24) is 10.6 Å². The van der Waals surface area contributed by atoms with Crippen LogP contribution in [0.25, 0.3) is 0 Å². The summed E-state index contributed by atoms with van der Waals surface area (Å²) in [5.74, 6) is 1.87. The Bertz CT molecular complexity index is 452. The maximum absolute atomic E-state index is 11.9. The average Bonchev–Trinajstić information content (AvgIpc) is 2.76. The van der Waals surface area contributed by atoms with Crippen LogP contribution in [0.3, 0.4) is 0 Å². The molecule has 0 radical (unpaired) electrons. The molecule has 0 saturated carbocycles. The highest BCUT2D eigenvalue weighted by molar-refractivity contribution is 5.76. The lowest BCUT2D eigenvalue weighted by molar-refractivity contribution is -0.122. The highest BCUT2D eigenvalue weighted by atomic mass is 16.5. The molecular weight excluding hydrogens is 412 g/mol. The fourth-order valence-corrected chi connectivity index (χ4v) is 3.82. The first-order valence-corrected chi connectivity index (χ1v) is 14.0. The van der Waals surface area contributed by atoms with Gasteiger partial charge in [-0.05, 0) is 37.5 Å². The third-order valence-electron chi connectivity index (χ3n) is 5.95. The van der Waals surface area contributed by atoms with Gasteiger partial charge in [0.25, 0.3) is 0 Å². The zero-order valence-corrected chi connectivity index (χ0v) is 22.5. The van der Waals surface area contributed by atoms with Gasteiger partial charge in [0, 0.05) is 39.1 Å². The van der Waals surface area contributed by atoms with E-state index in [0.29, 0.717) is 45.1 Å². The summed E-state index contributed by atoms with van der Waals surface area (Å²) in [7, 11) is 0.